The average Bonchev–Trinajstić information content (AvgIpc) is 2.71. The Morgan fingerprint density at radius 3 is 2.23 bits per heavy atom. The minimum Gasteiger partial charge on any atom is -0.278 e. The maximum atomic E-state index is 13.0. The van der Waals surface area contributed by atoms with E-state index >= 15 is 0 Å². The van der Waals surface area contributed by atoms with E-state index in [2.05, 4.69) is 10.5 Å². The van der Waals surface area contributed by atoms with Crippen molar-refractivity contribution in [2.75, 3.05) is 10.1 Å². The summed E-state index contributed by atoms with van der Waals surface area (Å²) in [6.45, 7) is 1.74. The maximum Gasteiger partial charge on any atom is 0.516 e. The molecule has 2 N–H and O–H groups in total. The minimum absolute atomic E-state index is 0.181. The second-order valence-corrected chi connectivity index (χ2v) is 8.66. The highest BCUT2D eigenvalue weighted by atomic mass is 35.5. The number of aryl methyl sites for hydroxylation is 1. The van der Waals surface area contributed by atoms with E-state index in [-0.39, 0.29) is 17.0 Å². The molecule has 0 amide bonds. The van der Waals surface area contributed by atoms with Crippen molar-refractivity contribution >= 4 is 38.7 Å². The second-order valence-electron chi connectivity index (χ2n) is 6.55. The topological polar surface area (TPSA) is 70.6 Å². The quantitative estimate of drug-likeness (QED) is 0.357. The summed E-state index contributed by atoms with van der Waals surface area (Å²) in [6.07, 6.45) is 0. The van der Waals surface area contributed by atoms with Crippen LogP contribution in [0.15, 0.2) is 77.9 Å². The lowest BCUT2D eigenvalue weighted by atomic mass is 9.99. The lowest BCUT2D eigenvalue weighted by molar-refractivity contribution is -0.0429. The van der Waals surface area contributed by atoms with Gasteiger partial charge in [0.05, 0.1) is 17.1 Å². The molecule has 0 aliphatic heterocycles. The summed E-state index contributed by atoms with van der Waals surface area (Å²) < 4.78 is 63.9. The first kappa shape index (κ1) is 22.6. The number of rotatable bonds is 6. The number of nitrogens with one attached hydrogen (secondary N) is 2. The Balaban J connectivity index is 2.12. The molecule has 162 valence electrons. The first-order chi connectivity index (χ1) is 14.6. The number of sulfonamides is 1. The van der Waals surface area contributed by atoms with Gasteiger partial charge in [-0.2, -0.15) is 26.7 Å². The molecule has 0 unspecified atom stereocenters. The zero-order valence-electron chi connectivity index (χ0n) is 16.1. The predicted octanol–water partition coefficient (Wildman–Crippen LogP) is 5.77. The molecule has 0 radical (unpaired) electrons. The molecule has 0 spiro atoms. The number of anilines is 2. The smallest absolute Gasteiger partial charge is 0.278 e. The van der Waals surface area contributed by atoms with Crippen LogP contribution >= 0.6 is 11.6 Å². The van der Waals surface area contributed by atoms with E-state index in [0.29, 0.717) is 21.8 Å². The van der Waals surface area contributed by atoms with Gasteiger partial charge >= 0.3 is 15.5 Å². The summed E-state index contributed by atoms with van der Waals surface area (Å²) in [5, 5.41) is 4.89. The van der Waals surface area contributed by atoms with Crippen LogP contribution in [-0.2, 0) is 10.0 Å². The number of benzene rings is 3. The summed E-state index contributed by atoms with van der Waals surface area (Å²) in [4.78, 5) is 0. The van der Waals surface area contributed by atoms with Crippen LogP contribution in [0.2, 0.25) is 5.02 Å². The van der Waals surface area contributed by atoms with Gasteiger partial charge in [0, 0.05) is 16.1 Å². The monoisotopic (exact) mass is 467 g/mol. The van der Waals surface area contributed by atoms with Crippen molar-refractivity contribution in [1.82, 2.24) is 0 Å². The average molecular weight is 468 g/mol. The van der Waals surface area contributed by atoms with Gasteiger partial charge in [0.15, 0.2) is 0 Å². The highest BCUT2D eigenvalue weighted by molar-refractivity contribution is 7.93. The van der Waals surface area contributed by atoms with E-state index in [0.717, 1.165) is 0 Å². The molecular formula is C21H17ClF3N3O2S. The van der Waals surface area contributed by atoms with Gasteiger partial charge in [0.25, 0.3) is 0 Å². The summed E-state index contributed by atoms with van der Waals surface area (Å²) in [7, 11) is -5.61. The number of halogens is 4. The van der Waals surface area contributed by atoms with Crippen molar-refractivity contribution in [1.29, 1.82) is 0 Å². The molecular weight excluding hydrogens is 451 g/mol. The van der Waals surface area contributed by atoms with E-state index < -0.39 is 15.5 Å². The van der Waals surface area contributed by atoms with Gasteiger partial charge in [-0.3, -0.25) is 10.1 Å². The zero-order valence-corrected chi connectivity index (χ0v) is 17.7. The summed E-state index contributed by atoms with van der Waals surface area (Å²) in [5.41, 5.74) is -0.570. The zero-order chi connectivity index (χ0) is 22.6. The van der Waals surface area contributed by atoms with E-state index in [1.54, 1.807) is 72.3 Å². The van der Waals surface area contributed by atoms with Crippen LogP contribution in [0.25, 0.3) is 0 Å². The highest BCUT2D eigenvalue weighted by Crippen LogP contribution is 2.29. The van der Waals surface area contributed by atoms with E-state index in [1.165, 1.54) is 12.1 Å². The molecule has 10 heteroatoms. The fraction of sp³-hybridized carbons (Fsp3) is 0.0952. The van der Waals surface area contributed by atoms with Crippen molar-refractivity contribution in [3.05, 3.63) is 94.5 Å². The fourth-order valence-electron chi connectivity index (χ4n) is 2.67. The van der Waals surface area contributed by atoms with E-state index in [4.69, 9.17) is 11.6 Å². The van der Waals surface area contributed by atoms with Gasteiger partial charge in [0.2, 0.25) is 0 Å². The van der Waals surface area contributed by atoms with Crippen molar-refractivity contribution in [3.63, 3.8) is 0 Å². The number of hydrazone groups is 1. The number of hydrogen-bond acceptors (Lipinski definition) is 4. The Bertz CT molecular complexity index is 1200. The van der Waals surface area contributed by atoms with Crippen LogP contribution in [0.3, 0.4) is 0 Å². The lowest BCUT2D eigenvalue weighted by Crippen LogP contribution is -2.30. The minimum atomic E-state index is -5.61. The molecule has 3 aromatic carbocycles. The largest absolute Gasteiger partial charge is 0.516 e. The summed E-state index contributed by atoms with van der Waals surface area (Å²) in [5.74, 6) is 0. The molecule has 0 atom stereocenters. The Morgan fingerprint density at radius 2 is 1.61 bits per heavy atom. The molecule has 31 heavy (non-hydrogen) atoms. The van der Waals surface area contributed by atoms with Crippen LogP contribution in [0.1, 0.15) is 16.7 Å². The first-order valence-corrected chi connectivity index (χ1v) is 10.8. The molecule has 0 bridgehead atoms. The third kappa shape index (κ3) is 5.56. The van der Waals surface area contributed by atoms with Crippen LogP contribution in [0.4, 0.5) is 24.5 Å². The number of nitrogens with zero attached hydrogens (tertiary/aromatic N) is 1. The third-order valence-corrected chi connectivity index (χ3v) is 5.52. The highest BCUT2D eigenvalue weighted by Gasteiger charge is 2.46. The molecule has 0 aromatic heterocycles. The molecule has 0 aliphatic rings. The van der Waals surface area contributed by atoms with Crippen LogP contribution in [0.5, 0.6) is 0 Å². The van der Waals surface area contributed by atoms with Gasteiger partial charge in [-0.15, -0.1) is 0 Å². The Kier molecular flexibility index (Phi) is 6.56. The summed E-state index contributed by atoms with van der Waals surface area (Å²) >= 11 is 5.88. The third-order valence-electron chi connectivity index (χ3n) is 4.17. The Labute approximate surface area is 182 Å². The van der Waals surface area contributed by atoms with Crippen molar-refractivity contribution in [3.8, 4) is 0 Å². The van der Waals surface area contributed by atoms with E-state index in [9.17, 15) is 21.6 Å². The normalized spacial score (nSPS) is 12.5. The second kappa shape index (κ2) is 8.99. The number of hydrogen-bond donors (Lipinski definition) is 2. The molecule has 0 heterocycles. The van der Waals surface area contributed by atoms with E-state index in [1.807, 2.05) is 0 Å². The van der Waals surface area contributed by atoms with Gasteiger partial charge in [0.1, 0.15) is 0 Å². The molecule has 5 nitrogen and oxygen atoms in total. The molecule has 0 aliphatic carbocycles. The molecule has 0 saturated heterocycles. The fourth-order valence-corrected chi connectivity index (χ4v) is 3.38. The van der Waals surface area contributed by atoms with Crippen LogP contribution in [0, 0.1) is 6.92 Å². The predicted molar refractivity (Wildman–Crippen MR) is 117 cm³/mol. The van der Waals surface area contributed by atoms with Gasteiger partial charge in [-0.25, -0.2) is 0 Å². The van der Waals surface area contributed by atoms with Gasteiger partial charge < -0.3 is 0 Å². The SMILES string of the molecule is Cc1ccc(NS(=O)(=O)C(F)(F)F)c(/C(=N/Nc2ccc(Cl)cc2)c2ccccc2)c1. The molecule has 3 rings (SSSR count). The molecule has 0 saturated carbocycles. The standard InChI is InChI=1S/C21H17ClF3N3O2S/c1-14-7-12-19(28-31(29,30)21(23,24)25)18(13-14)20(15-5-3-2-4-6-15)27-26-17-10-8-16(22)9-11-17/h2-13,26,28H,1H3/b27-20+. The van der Waals surface area contributed by atoms with Crippen LogP contribution in [-0.4, -0.2) is 19.6 Å². The van der Waals surface area contributed by atoms with Crippen molar-refractivity contribution < 1.29 is 21.6 Å². The number of alkyl halides is 3. The van der Waals surface area contributed by atoms with Crippen molar-refractivity contribution in [2.24, 2.45) is 5.10 Å². The first-order valence-electron chi connectivity index (χ1n) is 8.91. The molecule has 3 aromatic rings. The maximum absolute atomic E-state index is 13.0. The Hall–Kier alpha value is -3.04. The Morgan fingerprint density at radius 1 is 0.968 bits per heavy atom. The van der Waals surface area contributed by atoms with Crippen molar-refractivity contribution in [2.45, 2.75) is 12.4 Å². The van der Waals surface area contributed by atoms with Gasteiger partial charge in [-0.1, -0.05) is 53.6 Å². The lowest BCUT2D eigenvalue weighted by Gasteiger charge is -2.17. The molecule has 0 fully saturated rings. The van der Waals surface area contributed by atoms with Crippen LogP contribution < -0.4 is 10.1 Å². The summed E-state index contributed by atoms with van der Waals surface area (Å²) in [6, 6.07) is 19.7. The van der Waals surface area contributed by atoms with Gasteiger partial charge in [-0.05, 0) is 43.3 Å².